The van der Waals surface area contributed by atoms with Crippen molar-refractivity contribution in [1.29, 1.82) is 0 Å². The SMILES string of the molecule is CSN1CCCN2CCNCCCN(CC2)CC1. The summed E-state index contributed by atoms with van der Waals surface area (Å²) >= 11 is 1.91. The van der Waals surface area contributed by atoms with E-state index in [0.717, 1.165) is 6.54 Å². The van der Waals surface area contributed by atoms with Crippen molar-refractivity contribution >= 4 is 11.9 Å². The van der Waals surface area contributed by atoms with Gasteiger partial charge in [-0.05, 0) is 38.7 Å². The fourth-order valence-corrected chi connectivity index (χ4v) is 3.34. The first-order chi connectivity index (χ1) is 8.88. The molecule has 1 N–H and O–H groups in total. The fourth-order valence-electron chi connectivity index (χ4n) is 2.76. The van der Waals surface area contributed by atoms with Gasteiger partial charge in [0.25, 0.3) is 0 Å². The van der Waals surface area contributed by atoms with E-state index in [-0.39, 0.29) is 0 Å². The minimum absolute atomic E-state index is 1.16. The van der Waals surface area contributed by atoms with Gasteiger partial charge in [-0.15, -0.1) is 0 Å². The second kappa shape index (κ2) is 8.38. The second-order valence-corrected chi connectivity index (χ2v) is 6.13. The lowest BCUT2D eigenvalue weighted by atomic mass is 10.2. The third-order valence-corrected chi connectivity index (χ3v) is 4.85. The Balaban J connectivity index is 1.92. The maximum Gasteiger partial charge on any atom is 0.0217 e. The Morgan fingerprint density at radius 2 is 1.44 bits per heavy atom. The molecular formula is C13H28N4S. The van der Waals surface area contributed by atoms with E-state index in [4.69, 9.17) is 0 Å². The zero-order valence-electron chi connectivity index (χ0n) is 11.7. The van der Waals surface area contributed by atoms with Crippen molar-refractivity contribution < 1.29 is 0 Å². The lowest BCUT2D eigenvalue weighted by Crippen LogP contribution is -2.45. The van der Waals surface area contributed by atoms with Crippen molar-refractivity contribution in [1.82, 2.24) is 19.4 Å². The van der Waals surface area contributed by atoms with E-state index in [0.29, 0.717) is 0 Å². The molecule has 2 heterocycles. The highest BCUT2D eigenvalue weighted by molar-refractivity contribution is 7.96. The van der Waals surface area contributed by atoms with Gasteiger partial charge in [-0.25, -0.2) is 4.31 Å². The van der Waals surface area contributed by atoms with Gasteiger partial charge in [-0.3, -0.25) is 0 Å². The van der Waals surface area contributed by atoms with Crippen LogP contribution in [0.15, 0.2) is 0 Å². The van der Waals surface area contributed by atoms with Crippen LogP contribution in [-0.4, -0.2) is 85.8 Å². The predicted octanol–water partition coefficient (Wildman–Crippen LogP) is 0.567. The summed E-state index contributed by atoms with van der Waals surface area (Å²) in [4.78, 5) is 5.28. The molecule has 2 rings (SSSR count). The molecule has 4 nitrogen and oxygen atoms in total. The molecular weight excluding hydrogens is 244 g/mol. The Hall–Kier alpha value is 0.190. The standard InChI is InChI=1S/C13H28N4S/c1-18-17-8-3-7-15-9-5-14-4-2-6-16(11-10-15)12-13-17/h14H,2-13H2,1H3. The van der Waals surface area contributed by atoms with Crippen molar-refractivity contribution in [3.8, 4) is 0 Å². The first-order valence-electron chi connectivity index (χ1n) is 7.33. The molecule has 2 unspecified atom stereocenters. The molecule has 0 spiro atoms. The number of hydrogen-bond acceptors (Lipinski definition) is 5. The second-order valence-electron chi connectivity index (χ2n) is 5.25. The quantitative estimate of drug-likeness (QED) is 0.703. The Morgan fingerprint density at radius 1 is 0.722 bits per heavy atom. The maximum absolute atomic E-state index is 3.56. The molecule has 2 aliphatic rings. The summed E-state index contributed by atoms with van der Waals surface area (Å²) in [5.74, 6) is 0. The fraction of sp³-hybridized carbons (Fsp3) is 1.00. The minimum Gasteiger partial charge on any atom is -0.315 e. The zero-order chi connectivity index (χ0) is 12.6. The third-order valence-electron chi connectivity index (χ3n) is 3.97. The van der Waals surface area contributed by atoms with Crippen LogP contribution in [-0.2, 0) is 0 Å². The monoisotopic (exact) mass is 272 g/mol. The summed E-state index contributed by atoms with van der Waals surface area (Å²) in [6.45, 7) is 12.2. The van der Waals surface area contributed by atoms with Crippen molar-refractivity contribution in [2.45, 2.75) is 12.8 Å². The van der Waals surface area contributed by atoms with Crippen LogP contribution >= 0.6 is 11.9 Å². The third kappa shape index (κ3) is 5.05. The molecule has 0 aromatic heterocycles. The summed E-state index contributed by atoms with van der Waals surface area (Å²) in [7, 11) is 0. The molecule has 0 radical (unpaired) electrons. The molecule has 2 bridgehead atoms. The first kappa shape index (κ1) is 14.6. The molecule has 0 aliphatic carbocycles. The van der Waals surface area contributed by atoms with Crippen LogP contribution in [0.25, 0.3) is 0 Å². The van der Waals surface area contributed by atoms with E-state index in [1.807, 2.05) is 11.9 Å². The number of nitrogens with one attached hydrogen (secondary N) is 1. The van der Waals surface area contributed by atoms with Crippen molar-refractivity contribution in [3.63, 3.8) is 0 Å². The lowest BCUT2D eigenvalue weighted by Gasteiger charge is -2.33. The Bertz CT molecular complexity index is 225. The minimum atomic E-state index is 1.16. The lowest BCUT2D eigenvalue weighted by molar-refractivity contribution is 0.171. The van der Waals surface area contributed by atoms with Gasteiger partial charge in [0.05, 0.1) is 0 Å². The van der Waals surface area contributed by atoms with Crippen LogP contribution in [0.1, 0.15) is 12.8 Å². The van der Waals surface area contributed by atoms with Gasteiger partial charge in [0.1, 0.15) is 0 Å². The van der Waals surface area contributed by atoms with Gasteiger partial charge in [0, 0.05) is 45.8 Å². The average molecular weight is 272 g/mol. The average Bonchev–Trinajstić information content (AvgIpc) is 2.42. The smallest absolute Gasteiger partial charge is 0.0217 e. The Labute approximate surface area is 116 Å². The van der Waals surface area contributed by atoms with Crippen molar-refractivity contribution in [2.24, 2.45) is 0 Å². The van der Waals surface area contributed by atoms with Gasteiger partial charge in [-0.1, -0.05) is 11.9 Å². The number of rotatable bonds is 1. The summed E-state index contributed by atoms with van der Waals surface area (Å²) in [6, 6.07) is 0. The highest BCUT2D eigenvalue weighted by Gasteiger charge is 2.15. The van der Waals surface area contributed by atoms with Gasteiger partial charge in [0.15, 0.2) is 0 Å². The molecule has 2 aliphatic heterocycles. The van der Waals surface area contributed by atoms with Crippen LogP contribution in [0, 0.1) is 0 Å². The molecule has 0 aromatic rings. The summed E-state index contributed by atoms with van der Waals surface area (Å²) in [5, 5.41) is 3.56. The zero-order valence-corrected chi connectivity index (χ0v) is 12.6. The number of fused-ring (bicyclic) bond motifs is 3. The van der Waals surface area contributed by atoms with E-state index in [2.05, 4.69) is 25.7 Å². The maximum atomic E-state index is 3.56. The molecule has 2 saturated heterocycles. The Morgan fingerprint density at radius 3 is 2.28 bits per heavy atom. The molecule has 18 heavy (non-hydrogen) atoms. The molecule has 0 saturated carbocycles. The summed E-state index contributed by atoms with van der Waals surface area (Å²) < 4.78 is 2.53. The highest BCUT2D eigenvalue weighted by Crippen LogP contribution is 2.09. The largest absolute Gasteiger partial charge is 0.315 e. The normalized spacial score (nSPS) is 33.2. The predicted molar refractivity (Wildman–Crippen MR) is 80.1 cm³/mol. The number of nitrogens with zero attached hydrogens (tertiary/aromatic N) is 3. The van der Waals surface area contributed by atoms with E-state index >= 15 is 0 Å². The first-order valence-corrected chi connectivity index (χ1v) is 8.51. The van der Waals surface area contributed by atoms with E-state index in [1.165, 1.54) is 71.7 Å². The topological polar surface area (TPSA) is 21.8 Å². The van der Waals surface area contributed by atoms with Crippen LogP contribution in [0.5, 0.6) is 0 Å². The number of hydrogen-bond donors (Lipinski definition) is 1. The van der Waals surface area contributed by atoms with Crippen LogP contribution in [0.4, 0.5) is 0 Å². The Kier molecular flexibility index (Phi) is 6.79. The van der Waals surface area contributed by atoms with Crippen molar-refractivity contribution in [2.75, 3.05) is 71.7 Å². The van der Waals surface area contributed by atoms with E-state index < -0.39 is 0 Å². The van der Waals surface area contributed by atoms with Crippen molar-refractivity contribution in [3.05, 3.63) is 0 Å². The summed E-state index contributed by atoms with van der Waals surface area (Å²) in [5.41, 5.74) is 0. The van der Waals surface area contributed by atoms with Gasteiger partial charge < -0.3 is 15.1 Å². The molecule has 106 valence electrons. The highest BCUT2D eigenvalue weighted by atomic mass is 32.2. The van der Waals surface area contributed by atoms with Gasteiger partial charge in [-0.2, -0.15) is 0 Å². The van der Waals surface area contributed by atoms with Crippen LogP contribution in [0.3, 0.4) is 0 Å². The molecule has 0 aromatic carbocycles. The molecule has 5 heteroatoms. The molecule has 0 amide bonds. The van der Waals surface area contributed by atoms with Gasteiger partial charge >= 0.3 is 0 Å². The summed E-state index contributed by atoms with van der Waals surface area (Å²) in [6.07, 6.45) is 4.81. The molecule has 2 atom stereocenters. The van der Waals surface area contributed by atoms with Crippen LogP contribution in [0.2, 0.25) is 0 Å². The van der Waals surface area contributed by atoms with E-state index in [1.54, 1.807) is 0 Å². The van der Waals surface area contributed by atoms with E-state index in [9.17, 15) is 0 Å². The molecule has 2 fully saturated rings. The van der Waals surface area contributed by atoms with Crippen LogP contribution < -0.4 is 5.32 Å². The van der Waals surface area contributed by atoms with Gasteiger partial charge in [0.2, 0.25) is 0 Å².